The number of fused-ring (bicyclic) bond motifs is 2. The van der Waals surface area contributed by atoms with Gasteiger partial charge in [-0.3, -0.25) is 9.69 Å². The van der Waals surface area contributed by atoms with Crippen molar-refractivity contribution in [3.05, 3.63) is 35.4 Å². The van der Waals surface area contributed by atoms with Crippen molar-refractivity contribution >= 4 is 5.97 Å². The lowest BCUT2D eigenvalue weighted by Gasteiger charge is -2.46. The fraction of sp³-hybridized carbons (Fsp3) is 0.500. The number of aliphatic hydroxyl groups excluding tert-OH is 1. The minimum absolute atomic E-state index is 0.120. The highest BCUT2D eigenvalue weighted by molar-refractivity contribution is 5.66. The highest BCUT2D eigenvalue weighted by atomic mass is 16.7. The van der Waals surface area contributed by atoms with Gasteiger partial charge < -0.3 is 19.3 Å². The lowest BCUT2D eigenvalue weighted by Crippen LogP contribution is -2.52. The first-order chi connectivity index (χ1) is 11.6. The zero-order chi connectivity index (χ0) is 16.5. The summed E-state index contributed by atoms with van der Waals surface area (Å²) >= 11 is 0. The van der Waals surface area contributed by atoms with Gasteiger partial charge in [-0.25, -0.2) is 0 Å². The molecule has 126 valence electrons. The highest BCUT2D eigenvalue weighted by Gasteiger charge is 2.58. The highest BCUT2D eigenvalue weighted by Crippen LogP contribution is 2.53. The molecule has 2 unspecified atom stereocenters. The molecule has 1 fully saturated rings. The van der Waals surface area contributed by atoms with Crippen LogP contribution in [0.3, 0.4) is 0 Å². The summed E-state index contributed by atoms with van der Waals surface area (Å²) in [5.41, 5.74) is 1.81. The van der Waals surface area contributed by atoms with Crippen molar-refractivity contribution in [1.29, 1.82) is 0 Å². The van der Waals surface area contributed by atoms with Gasteiger partial charge >= 0.3 is 5.97 Å². The first-order valence-electron chi connectivity index (χ1n) is 8.29. The molecule has 1 saturated heterocycles. The number of ether oxygens (including phenoxy) is 3. The molecule has 3 heterocycles. The molecule has 5 rings (SSSR count). The van der Waals surface area contributed by atoms with Gasteiger partial charge in [-0.1, -0.05) is 6.08 Å². The minimum atomic E-state index is -0.487. The molecule has 3 aliphatic heterocycles. The third-order valence-electron chi connectivity index (χ3n) is 5.75. The van der Waals surface area contributed by atoms with Crippen LogP contribution < -0.4 is 9.47 Å². The van der Waals surface area contributed by atoms with Gasteiger partial charge in [-0.2, -0.15) is 0 Å². The smallest absolute Gasteiger partial charge is 0.303 e. The summed E-state index contributed by atoms with van der Waals surface area (Å²) in [5.74, 6) is 1.24. The quantitative estimate of drug-likeness (QED) is 0.615. The average molecular weight is 329 g/mol. The minimum Gasteiger partial charge on any atom is -0.458 e. The first-order valence-corrected chi connectivity index (χ1v) is 8.29. The molecule has 24 heavy (non-hydrogen) atoms. The van der Waals surface area contributed by atoms with Crippen LogP contribution in [0, 0.1) is 0 Å². The Labute approximate surface area is 139 Å². The third kappa shape index (κ3) is 1.75. The Hall–Kier alpha value is -2.05. The van der Waals surface area contributed by atoms with E-state index < -0.39 is 11.5 Å². The normalized spacial score (nSPS) is 37.8. The third-order valence-corrected chi connectivity index (χ3v) is 5.75. The predicted molar refractivity (Wildman–Crippen MR) is 83.8 cm³/mol. The van der Waals surface area contributed by atoms with Crippen molar-refractivity contribution in [3.8, 4) is 11.5 Å². The van der Waals surface area contributed by atoms with Crippen LogP contribution in [0.4, 0.5) is 0 Å². The largest absolute Gasteiger partial charge is 0.458 e. The molecule has 0 radical (unpaired) electrons. The lowest BCUT2D eigenvalue weighted by molar-refractivity contribution is -0.145. The molecule has 0 amide bonds. The monoisotopic (exact) mass is 329 g/mol. The molecule has 5 atom stereocenters. The van der Waals surface area contributed by atoms with E-state index >= 15 is 0 Å². The van der Waals surface area contributed by atoms with E-state index in [1.165, 1.54) is 12.5 Å². The van der Waals surface area contributed by atoms with Crippen LogP contribution in [0.2, 0.25) is 0 Å². The number of carbonyl (C=O) groups is 1. The summed E-state index contributed by atoms with van der Waals surface area (Å²) in [7, 11) is 0. The fourth-order valence-corrected chi connectivity index (χ4v) is 4.82. The van der Waals surface area contributed by atoms with Gasteiger partial charge in [0.2, 0.25) is 6.79 Å². The van der Waals surface area contributed by atoms with E-state index in [1.807, 2.05) is 24.3 Å². The van der Waals surface area contributed by atoms with Crippen LogP contribution in [0.1, 0.15) is 24.5 Å². The van der Waals surface area contributed by atoms with Gasteiger partial charge in [0.1, 0.15) is 6.10 Å². The van der Waals surface area contributed by atoms with Crippen LogP contribution in [0.5, 0.6) is 11.5 Å². The molecule has 0 saturated carbocycles. The molecule has 2 bridgehead atoms. The Morgan fingerprint density at radius 3 is 2.96 bits per heavy atom. The Morgan fingerprint density at radius 2 is 2.17 bits per heavy atom. The van der Waals surface area contributed by atoms with Crippen LogP contribution >= 0.6 is 0 Å². The summed E-state index contributed by atoms with van der Waals surface area (Å²) in [6.07, 6.45) is 3.94. The van der Waals surface area contributed by atoms with Crippen molar-refractivity contribution in [3.63, 3.8) is 0 Å². The molecular weight excluding hydrogens is 310 g/mol. The maximum absolute atomic E-state index is 11.3. The number of carbonyl (C=O) groups excluding carboxylic acids is 1. The van der Waals surface area contributed by atoms with E-state index in [1.54, 1.807) is 0 Å². The summed E-state index contributed by atoms with van der Waals surface area (Å²) in [5, 5.41) is 10.9. The number of hydrogen-bond acceptors (Lipinski definition) is 6. The summed E-state index contributed by atoms with van der Waals surface area (Å²) < 4.78 is 16.4. The van der Waals surface area contributed by atoms with Gasteiger partial charge in [0.15, 0.2) is 11.5 Å². The van der Waals surface area contributed by atoms with E-state index in [-0.39, 0.29) is 24.9 Å². The van der Waals surface area contributed by atoms with Crippen LogP contribution in [-0.2, 0) is 21.5 Å². The molecule has 6 nitrogen and oxygen atoms in total. The summed E-state index contributed by atoms with van der Waals surface area (Å²) in [6.45, 7) is 3.04. The van der Waals surface area contributed by atoms with E-state index in [2.05, 4.69) is 4.90 Å². The maximum atomic E-state index is 11.3. The Bertz CT molecular complexity index is 760. The molecule has 6 heteroatoms. The first kappa shape index (κ1) is 14.3. The van der Waals surface area contributed by atoms with E-state index in [0.717, 1.165) is 23.6 Å². The molecule has 1 N–H and O–H groups in total. The second kappa shape index (κ2) is 4.74. The average Bonchev–Trinajstić information content (AvgIpc) is 3.06. The van der Waals surface area contributed by atoms with E-state index in [9.17, 15) is 9.90 Å². The Kier molecular flexibility index (Phi) is 2.82. The van der Waals surface area contributed by atoms with Crippen LogP contribution in [-0.4, -0.2) is 47.6 Å². The van der Waals surface area contributed by atoms with Crippen molar-refractivity contribution in [2.45, 2.75) is 43.6 Å². The van der Waals surface area contributed by atoms with Crippen molar-refractivity contribution < 1.29 is 24.1 Å². The second-order valence-corrected chi connectivity index (χ2v) is 7.00. The molecule has 4 aliphatic rings. The topological polar surface area (TPSA) is 68.2 Å². The van der Waals surface area contributed by atoms with Gasteiger partial charge in [-0.05, 0) is 29.3 Å². The molecule has 1 aromatic rings. The van der Waals surface area contributed by atoms with Crippen LogP contribution in [0.15, 0.2) is 24.3 Å². The standard InChI is InChI=1S/C18H19NO5/c1-10(20)24-12-2-3-18-13-6-15-14(22-9-23-15)4-11(13)7-19(8-17(18)21)16(18)5-12/h2-4,6,12,16-17,21H,5,7-9H2,1H3/t12-,16?,17-,18-/m0/s1. The van der Waals surface area contributed by atoms with Gasteiger partial charge in [0.25, 0.3) is 0 Å². The van der Waals surface area contributed by atoms with Crippen molar-refractivity contribution in [1.82, 2.24) is 4.90 Å². The zero-order valence-corrected chi connectivity index (χ0v) is 13.4. The number of rotatable bonds is 1. The lowest BCUT2D eigenvalue weighted by atomic mass is 9.65. The number of benzene rings is 1. The molecule has 1 aromatic carbocycles. The summed E-state index contributed by atoms with van der Waals surface area (Å²) in [6, 6.07) is 4.18. The van der Waals surface area contributed by atoms with Gasteiger partial charge in [0.05, 0.1) is 11.5 Å². The number of aliphatic hydroxyl groups is 1. The van der Waals surface area contributed by atoms with E-state index in [4.69, 9.17) is 14.2 Å². The summed E-state index contributed by atoms with van der Waals surface area (Å²) in [4.78, 5) is 13.6. The van der Waals surface area contributed by atoms with Gasteiger partial charge in [-0.15, -0.1) is 0 Å². The number of hydrogen-bond donors (Lipinski definition) is 1. The van der Waals surface area contributed by atoms with E-state index in [0.29, 0.717) is 13.0 Å². The molecular formula is C18H19NO5. The predicted octanol–water partition coefficient (Wildman–Crippen LogP) is 1.10. The Balaban J connectivity index is 1.63. The molecule has 1 aliphatic carbocycles. The maximum Gasteiger partial charge on any atom is 0.303 e. The molecule has 0 aromatic heterocycles. The zero-order valence-electron chi connectivity index (χ0n) is 13.4. The fourth-order valence-electron chi connectivity index (χ4n) is 4.82. The Morgan fingerprint density at radius 1 is 1.38 bits per heavy atom. The van der Waals surface area contributed by atoms with Gasteiger partial charge in [0, 0.05) is 32.5 Å². The SMILES string of the molecule is CC(=O)O[C@H]1C=C[C@@]23c4cc5c(cc4CN(C[C@@H]2O)C3C1)OCO5. The number of esters is 1. The van der Waals surface area contributed by atoms with Crippen molar-refractivity contribution in [2.24, 2.45) is 0 Å². The molecule has 0 spiro atoms. The second-order valence-electron chi connectivity index (χ2n) is 7.00. The van der Waals surface area contributed by atoms with Crippen molar-refractivity contribution in [2.75, 3.05) is 13.3 Å². The number of nitrogens with zero attached hydrogens (tertiary/aromatic N) is 1. The van der Waals surface area contributed by atoms with Crippen LogP contribution in [0.25, 0.3) is 0 Å².